The fourth-order valence-electron chi connectivity index (χ4n) is 2.17. The first-order valence-corrected chi connectivity index (χ1v) is 7.05. The quantitative estimate of drug-likeness (QED) is 0.346. The van der Waals surface area contributed by atoms with E-state index in [2.05, 4.69) is 0 Å². The van der Waals surface area contributed by atoms with Crippen molar-refractivity contribution in [2.75, 3.05) is 7.11 Å². The SMILES string of the molecule is COc1ccc(C(OCc2ccccc2)C(=O)NN)cc1[N+](=O)[O-]. The van der Waals surface area contributed by atoms with E-state index in [4.69, 9.17) is 15.3 Å². The summed E-state index contributed by atoms with van der Waals surface area (Å²) in [5.74, 6) is 4.68. The Morgan fingerprint density at radius 2 is 2.00 bits per heavy atom. The fourth-order valence-corrected chi connectivity index (χ4v) is 2.17. The van der Waals surface area contributed by atoms with Crippen molar-refractivity contribution in [3.05, 3.63) is 69.8 Å². The van der Waals surface area contributed by atoms with Gasteiger partial charge in [-0.05, 0) is 17.2 Å². The van der Waals surface area contributed by atoms with Crippen molar-refractivity contribution in [3.63, 3.8) is 0 Å². The van der Waals surface area contributed by atoms with Gasteiger partial charge in [0.25, 0.3) is 5.91 Å². The number of hydrogen-bond acceptors (Lipinski definition) is 6. The second-order valence-electron chi connectivity index (χ2n) is 4.87. The number of amides is 1. The van der Waals surface area contributed by atoms with Crippen LogP contribution in [0.1, 0.15) is 17.2 Å². The highest BCUT2D eigenvalue weighted by Crippen LogP contribution is 2.31. The van der Waals surface area contributed by atoms with Gasteiger partial charge in [0.2, 0.25) is 0 Å². The van der Waals surface area contributed by atoms with E-state index in [9.17, 15) is 14.9 Å². The summed E-state index contributed by atoms with van der Waals surface area (Å²) >= 11 is 0. The molecule has 0 spiro atoms. The van der Waals surface area contributed by atoms with E-state index in [0.29, 0.717) is 5.56 Å². The van der Waals surface area contributed by atoms with E-state index in [0.717, 1.165) is 5.56 Å². The molecule has 1 unspecified atom stereocenters. The highest BCUT2D eigenvalue weighted by Gasteiger charge is 2.25. The van der Waals surface area contributed by atoms with Gasteiger partial charge in [-0.2, -0.15) is 0 Å². The van der Waals surface area contributed by atoms with E-state index in [1.165, 1.54) is 25.3 Å². The van der Waals surface area contributed by atoms with Crippen LogP contribution >= 0.6 is 0 Å². The van der Waals surface area contributed by atoms with Gasteiger partial charge in [-0.25, -0.2) is 5.84 Å². The second kappa shape index (κ2) is 8.04. The molecule has 1 atom stereocenters. The molecule has 0 bridgehead atoms. The van der Waals surface area contributed by atoms with Crippen LogP contribution in [0.5, 0.6) is 5.75 Å². The average Bonchev–Trinajstić information content (AvgIpc) is 2.62. The van der Waals surface area contributed by atoms with Crippen molar-refractivity contribution >= 4 is 11.6 Å². The molecule has 8 heteroatoms. The predicted octanol–water partition coefficient (Wildman–Crippen LogP) is 1.85. The minimum Gasteiger partial charge on any atom is -0.490 e. The van der Waals surface area contributed by atoms with Gasteiger partial charge < -0.3 is 9.47 Å². The van der Waals surface area contributed by atoms with Crippen LogP contribution < -0.4 is 16.0 Å². The van der Waals surface area contributed by atoms with Crippen molar-refractivity contribution in [2.45, 2.75) is 12.7 Å². The van der Waals surface area contributed by atoms with Gasteiger partial charge in [0.15, 0.2) is 11.9 Å². The van der Waals surface area contributed by atoms with Gasteiger partial charge >= 0.3 is 5.69 Å². The lowest BCUT2D eigenvalue weighted by atomic mass is 10.1. The molecule has 0 saturated carbocycles. The number of methoxy groups -OCH3 is 1. The van der Waals surface area contributed by atoms with Gasteiger partial charge in [0.05, 0.1) is 18.6 Å². The second-order valence-corrected chi connectivity index (χ2v) is 4.87. The maximum absolute atomic E-state index is 12.0. The van der Waals surface area contributed by atoms with E-state index in [-0.39, 0.29) is 18.0 Å². The summed E-state index contributed by atoms with van der Waals surface area (Å²) in [4.78, 5) is 22.6. The number of carbonyl (C=O) groups is 1. The zero-order chi connectivity index (χ0) is 17.5. The molecule has 3 N–H and O–H groups in total. The smallest absolute Gasteiger partial charge is 0.311 e. The molecule has 2 aromatic carbocycles. The van der Waals surface area contributed by atoms with Crippen molar-refractivity contribution in [3.8, 4) is 5.75 Å². The summed E-state index contributed by atoms with van der Waals surface area (Å²) in [6, 6.07) is 13.4. The lowest BCUT2D eigenvalue weighted by Crippen LogP contribution is -2.35. The summed E-state index contributed by atoms with van der Waals surface area (Å²) in [5.41, 5.74) is 2.92. The number of nitrogens with two attached hydrogens (primary N) is 1. The van der Waals surface area contributed by atoms with Gasteiger partial charge in [-0.1, -0.05) is 36.4 Å². The molecule has 8 nitrogen and oxygen atoms in total. The monoisotopic (exact) mass is 331 g/mol. The Hall–Kier alpha value is -2.97. The average molecular weight is 331 g/mol. The van der Waals surface area contributed by atoms with Crippen LogP contribution in [0.25, 0.3) is 0 Å². The predicted molar refractivity (Wildman–Crippen MR) is 86.0 cm³/mol. The largest absolute Gasteiger partial charge is 0.490 e. The number of hydrogen-bond donors (Lipinski definition) is 2. The standard InChI is InChI=1S/C16H17N3O5/c1-23-14-8-7-12(9-13(14)19(21)22)15(16(20)18-17)24-10-11-5-3-2-4-6-11/h2-9,15H,10,17H2,1H3,(H,18,20). The first-order chi connectivity index (χ1) is 11.6. The van der Waals surface area contributed by atoms with Crippen LogP contribution in [0, 0.1) is 10.1 Å². The molecule has 126 valence electrons. The zero-order valence-corrected chi connectivity index (χ0v) is 13.0. The Morgan fingerprint density at radius 1 is 1.29 bits per heavy atom. The molecule has 0 aliphatic rings. The minimum absolute atomic E-state index is 0.0960. The third kappa shape index (κ3) is 4.06. The maximum Gasteiger partial charge on any atom is 0.311 e. The summed E-state index contributed by atoms with van der Waals surface area (Å²) in [7, 11) is 1.33. The molecule has 0 radical (unpaired) electrons. The van der Waals surface area contributed by atoms with E-state index in [1.54, 1.807) is 0 Å². The number of rotatable bonds is 7. The Kier molecular flexibility index (Phi) is 5.83. The van der Waals surface area contributed by atoms with Crippen LogP contribution in [0.2, 0.25) is 0 Å². The summed E-state index contributed by atoms with van der Waals surface area (Å²) < 4.78 is 10.6. The zero-order valence-electron chi connectivity index (χ0n) is 13.0. The molecule has 1 amide bonds. The molecular weight excluding hydrogens is 314 g/mol. The number of benzene rings is 2. The maximum atomic E-state index is 12.0. The van der Waals surface area contributed by atoms with Crippen LogP contribution in [0.15, 0.2) is 48.5 Å². The fraction of sp³-hybridized carbons (Fsp3) is 0.188. The van der Waals surface area contributed by atoms with Crippen LogP contribution in [0.4, 0.5) is 5.69 Å². The molecule has 0 aliphatic heterocycles. The van der Waals surface area contributed by atoms with Crippen LogP contribution in [-0.4, -0.2) is 17.9 Å². The molecule has 2 aromatic rings. The molecule has 24 heavy (non-hydrogen) atoms. The third-order valence-corrected chi connectivity index (χ3v) is 3.34. The van der Waals surface area contributed by atoms with E-state index in [1.807, 2.05) is 35.8 Å². The highest BCUT2D eigenvalue weighted by atomic mass is 16.6. The highest BCUT2D eigenvalue weighted by molar-refractivity contribution is 5.82. The van der Waals surface area contributed by atoms with Gasteiger partial charge in [-0.3, -0.25) is 20.3 Å². The Balaban J connectivity index is 2.29. The van der Waals surface area contributed by atoms with Gasteiger partial charge in [0.1, 0.15) is 0 Å². The summed E-state index contributed by atoms with van der Waals surface area (Å²) in [6.07, 6.45) is -1.08. The molecule has 0 aliphatic carbocycles. The number of nitro groups is 1. The topological polar surface area (TPSA) is 117 Å². The normalized spacial score (nSPS) is 11.6. The number of nitrogens with one attached hydrogen (secondary N) is 1. The van der Waals surface area contributed by atoms with Crippen molar-refractivity contribution in [1.29, 1.82) is 0 Å². The number of nitrogens with zero attached hydrogens (tertiary/aromatic N) is 1. The molecular formula is C16H17N3O5. The molecule has 0 aromatic heterocycles. The van der Waals surface area contributed by atoms with E-state index < -0.39 is 16.9 Å². The number of ether oxygens (including phenoxy) is 2. The molecule has 0 fully saturated rings. The summed E-state index contributed by atoms with van der Waals surface area (Å²) in [5, 5.41) is 11.1. The first-order valence-electron chi connectivity index (χ1n) is 7.05. The Bertz CT molecular complexity index is 721. The lowest BCUT2D eigenvalue weighted by molar-refractivity contribution is -0.385. The number of carbonyl (C=O) groups excluding carboxylic acids is 1. The Morgan fingerprint density at radius 3 is 2.58 bits per heavy atom. The molecule has 2 rings (SSSR count). The van der Waals surface area contributed by atoms with Crippen molar-refractivity contribution in [2.24, 2.45) is 5.84 Å². The third-order valence-electron chi connectivity index (χ3n) is 3.34. The van der Waals surface area contributed by atoms with Crippen molar-refractivity contribution in [1.82, 2.24) is 5.43 Å². The van der Waals surface area contributed by atoms with E-state index >= 15 is 0 Å². The van der Waals surface area contributed by atoms with Gasteiger partial charge in [0, 0.05) is 6.07 Å². The minimum atomic E-state index is -1.08. The molecule has 0 heterocycles. The molecule has 0 saturated heterocycles. The van der Waals surface area contributed by atoms with Crippen LogP contribution in [0.3, 0.4) is 0 Å². The first kappa shape index (κ1) is 17.4. The van der Waals surface area contributed by atoms with Crippen molar-refractivity contribution < 1.29 is 19.2 Å². The number of nitro benzene ring substituents is 1. The summed E-state index contributed by atoms with van der Waals surface area (Å²) in [6.45, 7) is 0.152. The van der Waals surface area contributed by atoms with Crippen LogP contribution in [-0.2, 0) is 16.1 Å². The number of hydrazine groups is 1. The van der Waals surface area contributed by atoms with Gasteiger partial charge in [-0.15, -0.1) is 0 Å². The Labute approximate surface area is 138 Å². The lowest BCUT2D eigenvalue weighted by Gasteiger charge is -2.17.